The van der Waals surface area contributed by atoms with Crippen LogP contribution in [0.3, 0.4) is 0 Å². The van der Waals surface area contributed by atoms with Crippen LogP contribution in [-0.4, -0.2) is 48.0 Å². The van der Waals surface area contributed by atoms with Gasteiger partial charge in [-0.15, -0.1) is 0 Å². The maximum Gasteiger partial charge on any atom is 0.266 e. The number of aromatic nitrogens is 2. The highest BCUT2D eigenvalue weighted by molar-refractivity contribution is 7.99. The Morgan fingerprint density at radius 3 is 2.61 bits per heavy atom. The van der Waals surface area contributed by atoms with Crippen molar-refractivity contribution in [2.45, 2.75) is 29.8 Å². The van der Waals surface area contributed by atoms with E-state index in [1.165, 1.54) is 21.9 Å². The number of hydrogen-bond acceptors (Lipinski definition) is 6. The molecule has 1 aliphatic heterocycles. The molecule has 0 bridgehead atoms. The lowest BCUT2D eigenvalue weighted by Crippen LogP contribution is -2.48. The molecular weight excluding hydrogens is 434 g/mol. The van der Waals surface area contributed by atoms with Crippen LogP contribution in [0.25, 0.3) is 11.3 Å². The molecule has 1 saturated heterocycles. The van der Waals surface area contributed by atoms with E-state index in [1.54, 1.807) is 19.2 Å². The molecule has 3 aromatic rings. The predicted octanol–water partition coefficient (Wildman–Crippen LogP) is 3.51. The summed E-state index contributed by atoms with van der Waals surface area (Å²) in [5, 5.41) is 3.85. The summed E-state index contributed by atoms with van der Waals surface area (Å²) >= 11 is 1.39. The zero-order chi connectivity index (χ0) is 22.8. The monoisotopic (exact) mass is 461 g/mol. The van der Waals surface area contributed by atoms with Crippen molar-refractivity contribution >= 4 is 17.7 Å². The smallest absolute Gasteiger partial charge is 0.266 e. The number of carbonyl (C=O) groups is 1. The Morgan fingerprint density at radius 1 is 1.12 bits per heavy atom. The first-order valence-electron chi connectivity index (χ1n) is 11.3. The molecule has 2 aromatic carbocycles. The van der Waals surface area contributed by atoms with Gasteiger partial charge in [0.15, 0.2) is 5.16 Å². The highest BCUT2D eigenvalue weighted by Gasteiger charge is 2.44. The minimum Gasteiger partial charge on any atom is -0.384 e. The zero-order valence-electron chi connectivity index (χ0n) is 18.7. The third kappa shape index (κ3) is 3.94. The van der Waals surface area contributed by atoms with Gasteiger partial charge in [-0.2, -0.15) is 0 Å². The Labute approximate surface area is 197 Å². The Kier molecular flexibility index (Phi) is 6.19. The molecule has 0 saturated carbocycles. The number of rotatable bonds is 5. The second kappa shape index (κ2) is 9.25. The lowest BCUT2D eigenvalue weighted by Gasteiger charge is -2.42. The van der Waals surface area contributed by atoms with E-state index in [0.29, 0.717) is 28.6 Å². The third-order valence-corrected chi connectivity index (χ3v) is 7.59. The molecule has 170 valence electrons. The van der Waals surface area contributed by atoms with Crippen molar-refractivity contribution in [2.24, 2.45) is 0 Å². The van der Waals surface area contributed by atoms with Crippen molar-refractivity contribution in [3.8, 4) is 11.3 Å². The summed E-state index contributed by atoms with van der Waals surface area (Å²) in [4.78, 5) is 32.8. The van der Waals surface area contributed by atoms with E-state index in [-0.39, 0.29) is 16.9 Å². The Bertz CT molecular complexity index is 1230. The average Bonchev–Trinajstić information content (AvgIpc) is 2.85. The van der Waals surface area contributed by atoms with Gasteiger partial charge in [-0.25, -0.2) is 9.55 Å². The SMILES string of the molecule is COCCSc1nc2c(c(=O)n1C(=O)c1ccccc1)C1(CCNCC1)Cc1ccccc1-2. The number of nitrogens with zero attached hydrogens (tertiary/aromatic N) is 2. The zero-order valence-corrected chi connectivity index (χ0v) is 19.5. The standard InChI is InChI=1S/C26H27N3O3S/c1-32-15-16-33-25-28-22-20-10-6-5-9-19(20)17-26(11-13-27-14-12-26)21(22)24(31)29(25)23(30)18-7-3-2-4-8-18/h2-10,27H,11-17H2,1H3. The van der Waals surface area contributed by atoms with E-state index >= 15 is 0 Å². The Hall–Kier alpha value is -2.74. The van der Waals surface area contributed by atoms with Crippen molar-refractivity contribution in [1.29, 1.82) is 0 Å². The highest BCUT2D eigenvalue weighted by atomic mass is 32.2. The fraction of sp³-hybridized carbons (Fsp3) is 0.346. The van der Waals surface area contributed by atoms with Crippen LogP contribution in [0.1, 0.15) is 34.3 Å². The van der Waals surface area contributed by atoms with Gasteiger partial charge in [0.25, 0.3) is 11.5 Å². The van der Waals surface area contributed by atoms with Gasteiger partial charge in [0, 0.05) is 29.4 Å². The fourth-order valence-corrected chi connectivity index (χ4v) is 5.95. The molecule has 5 rings (SSSR count). The second-order valence-electron chi connectivity index (χ2n) is 8.64. The van der Waals surface area contributed by atoms with Crippen LogP contribution in [-0.2, 0) is 16.6 Å². The van der Waals surface area contributed by atoms with E-state index in [0.717, 1.165) is 43.6 Å². The van der Waals surface area contributed by atoms with Crippen molar-refractivity contribution in [3.63, 3.8) is 0 Å². The van der Waals surface area contributed by atoms with Crippen LogP contribution >= 0.6 is 11.8 Å². The van der Waals surface area contributed by atoms with Gasteiger partial charge in [-0.05, 0) is 50.0 Å². The largest absolute Gasteiger partial charge is 0.384 e. The summed E-state index contributed by atoms with van der Waals surface area (Å²) in [6, 6.07) is 17.2. The summed E-state index contributed by atoms with van der Waals surface area (Å²) in [6.07, 6.45) is 2.49. The molecule has 1 spiro atoms. The third-order valence-electron chi connectivity index (χ3n) is 6.69. The Morgan fingerprint density at radius 2 is 1.85 bits per heavy atom. The molecule has 1 aliphatic carbocycles. The van der Waals surface area contributed by atoms with E-state index in [2.05, 4.69) is 11.4 Å². The van der Waals surface area contributed by atoms with Gasteiger partial charge < -0.3 is 10.1 Å². The number of fused-ring (bicyclic) bond motifs is 4. The number of ether oxygens (including phenoxy) is 1. The van der Waals surface area contributed by atoms with E-state index in [1.807, 2.05) is 36.4 Å². The summed E-state index contributed by atoms with van der Waals surface area (Å²) in [5.41, 5.74) is 3.59. The minimum atomic E-state index is -0.334. The lowest BCUT2D eigenvalue weighted by atomic mass is 9.65. The molecule has 0 amide bonds. The normalized spacial score (nSPS) is 16.3. The van der Waals surface area contributed by atoms with Crippen molar-refractivity contribution < 1.29 is 9.53 Å². The quantitative estimate of drug-likeness (QED) is 0.356. The molecular formula is C26H27N3O3S. The highest BCUT2D eigenvalue weighted by Crippen LogP contribution is 2.45. The number of methoxy groups -OCH3 is 1. The van der Waals surface area contributed by atoms with Gasteiger partial charge in [0.1, 0.15) is 0 Å². The molecule has 1 fully saturated rings. The molecule has 1 aromatic heterocycles. The van der Waals surface area contributed by atoms with Crippen molar-refractivity contribution in [1.82, 2.24) is 14.9 Å². The maximum atomic E-state index is 14.2. The number of piperidine rings is 1. The van der Waals surface area contributed by atoms with E-state index < -0.39 is 0 Å². The number of nitrogens with one attached hydrogen (secondary N) is 1. The van der Waals surface area contributed by atoms with Crippen LogP contribution in [0.4, 0.5) is 0 Å². The summed E-state index contributed by atoms with van der Waals surface area (Å²) in [6.45, 7) is 2.19. The molecule has 0 radical (unpaired) electrons. The van der Waals surface area contributed by atoms with Gasteiger partial charge in [-0.3, -0.25) is 9.59 Å². The molecule has 0 atom stereocenters. The number of carbonyl (C=O) groups excluding carboxylic acids is 1. The molecule has 7 heteroatoms. The number of benzene rings is 2. The summed E-state index contributed by atoms with van der Waals surface area (Å²) < 4.78 is 6.51. The minimum absolute atomic E-state index is 0.231. The first kappa shape index (κ1) is 22.1. The van der Waals surface area contributed by atoms with Gasteiger partial charge >= 0.3 is 0 Å². The van der Waals surface area contributed by atoms with Crippen LogP contribution in [0.5, 0.6) is 0 Å². The first-order valence-corrected chi connectivity index (χ1v) is 12.3. The van der Waals surface area contributed by atoms with E-state index in [9.17, 15) is 9.59 Å². The first-order chi connectivity index (χ1) is 16.1. The van der Waals surface area contributed by atoms with Crippen molar-refractivity contribution in [2.75, 3.05) is 32.6 Å². The van der Waals surface area contributed by atoms with E-state index in [4.69, 9.17) is 9.72 Å². The maximum absolute atomic E-state index is 14.2. The fourth-order valence-electron chi connectivity index (χ4n) is 5.07. The van der Waals surface area contributed by atoms with Gasteiger partial charge in [-0.1, -0.05) is 54.2 Å². The van der Waals surface area contributed by atoms with Crippen LogP contribution < -0.4 is 10.9 Å². The van der Waals surface area contributed by atoms with Gasteiger partial charge in [0.05, 0.1) is 17.9 Å². The molecule has 1 N–H and O–H groups in total. The van der Waals surface area contributed by atoms with Gasteiger partial charge in [0.2, 0.25) is 0 Å². The molecule has 0 unspecified atom stereocenters. The lowest BCUT2D eigenvalue weighted by molar-refractivity contribution is 0.0941. The molecule has 6 nitrogen and oxygen atoms in total. The van der Waals surface area contributed by atoms with Crippen LogP contribution in [0, 0.1) is 0 Å². The number of hydrogen-bond donors (Lipinski definition) is 1. The average molecular weight is 462 g/mol. The topological polar surface area (TPSA) is 73.2 Å². The predicted molar refractivity (Wildman–Crippen MR) is 130 cm³/mol. The van der Waals surface area contributed by atoms with Crippen LogP contribution in [0.15, 0.2) is 64.5 Å². The van der Waals surface area contributed by atoms with Crippen molar-refractivity contribution in [3.05, 3.63) is 81.6 Å². The second-order valence-corrected chi connectivity index (χ2v) is 9.70. The Balaban J connectivity index is 1.76. The summed E-state index contributed by atoms with van der Waals surface area (Å²) in [5.74, 6) is 0.263. The molecule has 2 aliphatic rings. The summed E-state index contributed by atoms with van der Waals surface area (Å²) in [7, 11) is 1.64. The molecule has 2 heterocycles. The number of thioether (sulfide) groups is 1. The molecule has 33 heavy (non-hydrogen) atoms. The van der Waals surface area contributed by atoms with Crippen LogP contribution in [0.2, 0.25) is 0 Å².